The molecule has 1 unspecified atom stereocenters. The summed E-state index contributed by atoms with van der Waals surface area (Å²) in [5.41, 5.74) is -0.348. The fourth-order valence-electron chi connectivity index (χ4n) is 1.60. The van der Waals surface area contributed by atoms with Gasteiger partial charge in [-0.15, -0.1) is 0 Å². The highest BCUT2D eigenvalue weighted by atomic mass is 79.9. The lowest BCUT2D eigenvalue weighted by molar-refractivity contribution is -0.138. The number of aliphatic carboxylic acids is 1. The third kappa shape index (κ3) is 4.66. The molecule has 0 bridgehead atoms. The molecule has 0 spiro atoms. The van der Waals surface area contributed by atoms with Gasteiger partial charge in [0.2, 0.25) is 0 Å². The molecule has 2 N–H and O–H groups in total. The summed E-state index contributed by atoms with van der Waals surface area (Å²) in [5.74, 6) is -2.75. The molecular formula is C13H15BrF2N2O3. The quantitative estimate of drug-likeness (QED) is 0.786. The lowest BCUT2D eigenvalue weighted by Crippen LogP contribution is -2.44. The number of carbonyl (C=O) groups excluding carboxylic acids is 1. The molecule has 0 radical (unpaired) electrons. The Balaban J connectivity index is 2.96. The summed E-state index contributed by atoms with van der Waals surface area (Å²) in [5, 5.41) is 11.0. The van der Waals surface area contributed by atoms with Crippen molar-refractivity contribution in [1.29, 1.82) is 0 Å². The number of carboxylic acids is 1. The van der Waals surface area contributed by atoms with Crippen LogP contribution in [0.2, 0.25) is 0 Å². The molecule has 0 aromatic heterocycles. The van der Waals surface area contributed by atoms with Crippen LogP contribution in [0.5, 0.6) is 0 Å². The molecule has 2 amide bonds. The number of hydrogen-bond acceptors (Lipinski definition) is 2. The monoisotopic (exact) mass is 364 g/mol. The molecule has 0 saturated carbocycles. The minimum Gasteiger partial charge on any atom is -0.480 e. The molecule has 0 heterocycles. The number of benzene rings is 1. The van der Waals surface area contributed by atoms with Crippen LogP contribution in [0.1, 0.15) is 20.3 Å². The summed E-state index contributed by atoms with van der Waals surface area (Å²) in [4.78, 5) is 23.9. The first-order valence-corrected chi connectivity index (χ1v) is 6.99. The predicted octanol–water partition coefficient (Wildman–Crippen LogP) is 3.44. The Morgan fingerprint density at radius 2 is 2.00 bits per heavy atom. The largest absolute Gasteiger partial charge is 0.480 e. The number of nitrogens with one attached hydrogen (secondary N) is 1. The van der Waals surface area contributed by atoms with Crippen molar-refractivity contribution in [2.24, 2.45) is 0 Å². The number of urea groups is 1. The second-order valence-corrected chi connectivity index (χ2v) is 5.31. The number of carbonyl (C=O) groups is 2. The number of rotatable bonds is 5. The Labute approximate surface area is 129 Å². The first kappa shape index (κ1) is 17.4. The fraction of sp³-hybridized carbons (Fsp3) is 0.385. The van der Waals surface area contributed by atoms with Gasteiger partial charge in [0.15, 0.2) is 0 Å². The van der Waals surface area contributed by atoms with Gasteiger partial charge in [-0.05, 0) is 35.3 Å². The summed E-state index contributed by atoms with van der Waals surface area (Å²) >= 11 is 2.83. The van der Waals surface area contributed by atoms with Crippen molar-refractivity contribution in [3.05, 3.63) is 28.2 Å². The van der Waals surface area contributed by atoms with Crippen molar-refractivity contribution in [3.8, 4) is 0 Å². The molecule has 5 nitrogen and oxygen atoms in total. The molecule has 8 heteroatoms. The average Bonchev–Trinajstić information content (AvgIpc) is 2.41. The van der Waals surface area contributed by atoms with Crippen LogP contribution in [0.15, 0.2) is 16.6 Å². The number of hydrogen-bond donors (Lipinski definition) is 2. The van der Waals surface area contributed by atoms with E-state index in [1.54, 1.807) is 13.8 Å². The van der Waals surface area contributed by atoms with Crippen molar-refractivity contribution in [1.82, 2.24) is 4.90 Å². The normalized spacial score (nSPS) is 11.9. The second kappa shape index (κ2) is 7.35. The summed E-state index contributed by atoms with van der Waals surface area (Å²) in [6.07, 6.45) is 0.526. The molecule has 0 saturated heterocycles. The Morgan fingerprint density at radius 1 is 1.38 bits per heavy atom. The zero-order valence-corrected chi connectivity index (χ0v) is 13.1. The zero-order chi connectivity index (χ0) is 16.2. The van der Waals surface area contributed by atoms with Crippen LogP contribution in [0.3, 0.4) is 0 Å². The highest BCUT2D eigenvalue weighted by Crippen LogP contribution is 2.23. The highest BCUT2D eigenvalue weighted by Gasteiger charge is 2.23. The van der Waals surface area contributed by atoms with Gasteiger partial charge in [-0.1, -0.05) is 6.92 Å². The Bertz CT molecular complexity index is 554. The van der Waals surface area contributed by atoms with E-state index in [1.165, 1.54) is 0 Å². The van der Waals surface area contributed by atoms with Gasteiger partial charge in [-0.25, -0.2) is 13.6 Å². The van der Waals surface area contributed by atoms with Crippen LogP contribution >= 0.6 is 15.9 Å². The predicted molar refractivity (Wildman–Crippen MR) is 77.2 cm³/mol. The Hall–Kier alpha value is -1.70. The zero-order valence-electron chi connectivity index (χ0n) is 11.5. The Kier molecular flexibility index (Phi) is 6.07. The number of carboxylic acid groups (broad SMARTS) is 1. The van der Waals surface area contributed by atoms with E-state index in [2.05, 4.69) is 21.2 Å². The first-order chi connectivity index (χ1) is 9.76. The van der Waals surface area contributed by atoms with E-state index in [0.29, 0.717) is 6.42 Å². The van der Waals surface area contributed by atoms with E-state index in [9.17, 15) is 18.4 Å². The van der Waals surface area contributed by atoms with Crippen LogP contribution in [-0.2, 0) is 4.79 Å². The number of halogens is 3. The molecule has 21 heavy (non-hydrogen) atoms. The maximum absolute atomic E-state index is 13.7. The number of anilines is 1. The minimum absolute atomic E-state index is 0.0673. The molecular weight excluding hydrogens is 350 g/mol. The Morgan fingerprint density at radius 3 is 2.52 bits per heavy atom. The van der Waals surface area contributed by atoms with Gasteiger partial charge < -0.3 is 15.3 Å². The summed E-state index contributed by atoms with van der Waals surface area (Å²) < 4.78 is 27.0. The van der Waals surface area contributed by atoms with E-state index in [1.807, 2.05) is 0 Å². The fourth-order valence-corrected chi connectivity index (χ4v) is 1.91. The van der Waals surface area contributed by atoms with Crippen molar-refractivity contribution in [2.45, 2.75) is 26.3 Å². The van der Waals surface area contributed by atoms with Gasteiger partial charge in [0.25, 0.3) is 0 Å². The van der Waals surface area contributed by atoms with Gasteiger partial charge in [0, 0.05) is 12.1 Å². The topological polar surface area (TPSA) is 69.6 Å². The van der Waals surface area contributed by atoms with E-state index >= 15 is 0 Å². The average molecular weight is 365 g/mol. The van der Waals surface area contributed by atoms with Crippen LogP contribution < -0.4 is 5.32 Å². The second-order valence-electron chi connectivity index (χ2n) is 4.46. The van der Waals surface area contributed by atoms with Crippen molar-refractivity contribution >= 4 is 33.6 Å². The molecule has 1 aromatic carbocycles. The molecule has 116 valence electrons. The van der Waals surface area contributed by atoms with Crippen LogP contribution in [-0.4, -0.2) is 34.6 Å². The third-order valence-electron chi connectivity index (χ3n) is 2.94. The standard InChI is InChI=1S/C13H15BrF2N2O3/c1-3-7(2)18(6-12(19)20)13(21)17-11-5-9(15)8(14)4-10(11)16/h4-5,7H,3,6H2,1-2H3,(H,17,21)(H,19,20). The first-order valence-electron chi connectivity index (χ1n) is 6.20. The van der Waals surface area contributed by atoms with Crippen molar-refractivity contribution in [3.63, 3.8) is 0 Å². The van der Waals surface area contributed by atoms with Crippen LogP contribution in [0.4, 0.5) is 19.3 Å². The summed E-state index contributed by atoms with van der Waals surface area (Å²) in [7, 11) is 0. The van der Waals surface area contributed by atoms with Gasteiger partial charge in [0.05, 0.1) is 10.2 Å². The molecule has 1 aromatic rings. The maximum Gasteiger partial charge on any atom is 0.323 e. The van der Waals surface area contributed by atoms with Gasteiger partial charge in [-0.3, -0.25) is 4.79 Å². The molecule has 1 rings (SSSR count). The smallest absolute Gasteiger partial charge is 0.323 e. The van der Waals surface area contributed by atoms with E-state index in [4.69, 9.17) is 5.11 Å². The molecule has 0 aliphatic heterocycles. The third-order valence-corrected chi connectivity index (χ3v) is 3.55. The molecule has 0 aliphatic rings. The van der Waals surface area contributed by atoms with E-state index < -0.39 is 30.2 Å². The van der Waals surface area contributed by atoms with Crippen LogP contribution in [0.25, 0.3) is 0 Å². The van der Waals surface area contributed by atoms with E-state index in [-0.39, 0.29) is 16.2 Å². The summed E-state index contributed by atoms with van der Waals surface area (Å²) in [6, 6.07) is 0.555. The molecule has 1 atom stereocenters. The highest BCUT2D eigenvalue weighted by molar-refractivity contribution is 9.10. The van der Waals surface area contributed by atoms with Crippen LogP contribution in [0, 0.1) is 11.6 Å². The minimum atomic E-state index is -1.19. The van der Waals surface area contributed by atoms with Gasteiger partial charge in [0.1, 0.15) is 18.2 Å². The van der Waals surface area contributed by atoms with Gasteiger partial charge in [-0.2, -0.15) is 0 Å². The molecule has 0 aliphatic carbocycles. The maximum atomic E-state index is 13.7. The lowest BCUT2D eigenvalue weighted by Gasteiger charge is -2.27. The van der Waals surface area contributed by atoms with E-state index in [0.717, 1.165) is 17.0 Å². The lowest BCUT2D eigenvalue weighted by atomic mass is 10.2. The summed E-state index contributed by atoms with van der Waals surface area (Å²) in [6.45, 7) is 2.93. The number of amides is 2. The SMILES string of the molecule is CCC(C)N(CC(=O)O)C(=O)Nc1cc(F)c(Br)cc1F. The van der Waals surface area contributed by atoms with Crippen molar-refractivity contribution < 1.29 is 23.5 Å². The molecule has 0 fully saturated rings. The number of nitrogens with zero attached hydrogens (tertiary/aromatic N) is 1. The van der Waals surface area contributed by atoms with Gasteiger partial charge >= 0.3 is 12.0 Å². The van der Waals surface area contributed by atoms with Crippen molar-refractivity contribution in [2.75, 3.05) is 11.9 Å².